The van der Waals surface area contributed by atoms with Gasteiger partial charge in [0.2, 0.25) is 11.8 Å². The van der Waals surface area contributed by atoms with E-state index in [9.17, 15) is 9.59 Å². The standard InChI is InChI=1S/C21H27N3O4/c1-3-4-12-24-19(25)10-9-17(21(26)22-14-15-11-13-28-23-15)20(24)16-7-5-6-8-18(16)27-2/h5-8,11,13,17,20H,3-4,9-10,12,14H2,1-2H3,(H,22,26)/t17-,20-/m0/s1. The quantitative estimate of drug-likeness (QED) is 0.755. The fourth-order valence-corrected chi connectivity index (χ4v) is 3.75. The van der Waals surface area contributed by atoms with Gasteiger partial charge in [-0.2, -0.15) is 0 Å². The number of hydrogen-bond donors (Lipinski definition) is 1. The summed E-state index contributed by atoms with van der Waals surface area (Å²) in [5.74, 6) is 0.341. The average Bonchev–Trinajstić information content (AvgIpc) is 3.24. The zero-order chi connectivity index (χ0) is 19.9. The van der Waals surface area contributed by atoms with Crippen LogP contribution in [0.2, 0.25) is 0 Å². The average molecular weight is 385 g/mol. The Kier molecular flexibility index (Phi) is 6.68. The van der Waals surface area contributed by atoms with Crippen LogP contribution in [0, 0.1) is 5.92 Å². The van der Waals surface area contributed by atoms with Gasteiger partial charge in [-0.25, -0.2) is 0 Å². The Morgan fingerprint density at radius 3 is 2.89 bits per heavy atom. The number of benzene rings is 1. The number of nitrogens with one attached hydrogen (secondary N) is 1. The highest BCUT2D eigenvalue weighted by molar-refractivity contribution is 5.85. The van der Waals surface area contributed by atoms with E-state index in [4.69, 9.17) is 9.26 Å². The van der Waals surface area contributed by atoms with Crippen LogP contribution < -0.4 is 10.1 Å². The van der Waals surface area contributed by atoms with Gasteiger partial charge in [-0.05, 0) is 18.9 Å². The molecule has 0 bridgehead atoms. The van der Waals surface area contributed by atoms with Gasteiger partial charge in [0.15, 0.2) is 0 Å². The maximum Gasteiger partial charge on any atom is 0.225 e. The zero-order valence-electron chi connectivity index (χ0n) is 16.4. The summed E-state index contributed by atoms with van der Waals surface area (Å²) in [6.07, 6.45) is 4.23. The van der Waals surface area contributed by atoms with Gasteiger partial charge in [0.25, 0.3) is 0 Å². The molecule has 28 heavy (non-hydrogen) atoms. The summed E-state index contributed by atoms with van der Waals surface area (Å²) >= 11 is 0. The second-order valence-electron chi connectivity index (χ2n) is 6.98. The number of piperidine rings is 1. The van der Waals surface area contributed by atoms with Crippen molar-refractivity contribution in [2.24, 2.45) is 5.92 Å². The topological polar surface area (TPSA) is 84.7 Å². The van der Waals surface area contributed by atoms with E-state index in [1.165, 1.54) is 6.26 Å². The van der Waals surface area contributed by atoms with Crippen LogP contribution in [0.15, 0.2) is 41.1 Å². The number of ether oxygens (including phenoxy) is 1. The van der Waals surface area contributed by atoms with Crippen molar-refractivity contribution in [3.8, 4) is 5.75 Å². The molecule has 1 saturated heterocycles. The van der Waals surface area contributed by atoms with E-state index >= 15 is 0 Å². The Bertz CT molecular complexity index is 791. The van der Waals surface area contributed by atoms with Gasteiger partial charge >= 0.3 is 0 Å². The van der Waals surface area contributed by atoms with Crippen LogP contribution in [0.4, 0.5) is 0 Å². The fourth-order valence-electron chi connectivity index (χ4n) is 3.75. The highest BCUT2D eigenvalue weighted by Gasteiger charge is 2.41. The first kappa shape index (κ1) is 19.9. The molecule has 2 amide bonds. The number of methoxy groups -OCH3 is 1. The Balaban J connectivity index is 1.89. The molecule has 2 aromatic rings. The molecule has 7 nitrogen and oxygen atoms in total. The monoisotopic (exact) mass is 385 g/mol. The smallest absolute Gasteiger partial charge is 0.225 e. The van der Waals surface area contributed by atoms with Crippen LogP contribution >= 0.6 is 0 Å². The zero-order valence-corrected chi connectivity index (χ0v) is 16.4. The van der Waals surface area contributed by atoms with Crippen molar-refractivity contribution in [3.05, 3.63) is 47.9 Å². The lowest BCUT2D eigenvalue weighted by atomic mass is 9.83. The predicted molar refractivity (Wildman–Crippen MR) is 103 cm³/mol. The van der Waals surface area contributed by atoms with Gasteiger partial charge in [-0.15, -0.1) is 0 Å². The number of amides is 2. The fraction of sp³-hybridized carbons (Fsp3) is 0.476. The van der Waals surface area contributed by atoms with E-state index < -0.39 is 0 Å². The minimum atomic E-state index is -0.349. The first-order chi connectivity index (χ1) is 13.7. The van der Waals surface area contributed by atoms with Gasteiger partial charge in [-0.3, -0.25) is 9.59 Å². The Hall–Kier alpha value is -2.83. The number of hydrogen-bond acceptors (Lipinski definition) is 5. The molecule has 1 aromatic heterocycles. The summed E-state index contributed by atoms with van der Waals surface area (Å²) < 4.78 is 10.4. The van der Waals surface area contributed by atoms with E-state index in [1.54, 1.807) is 13.2 Å². The van der Waals surface area contributed by atoms with Gasteiger partial charge in [-0.1, -0.05) is 36.7 Å². The third kappa shape index (κ3) is 4.35. The van der Waals surface area contributed by atoms with Gasteiger partial charge < -0.3 is 19.5 Å². The van der Waals surface area contributed by atoms with Gasteiger partial charge in [0.1, 0.15) is 17.7 Å². The summed E-state index contributed by atoms with van der Waals surface area (Å²) in [4.78, 5) is 27.6. The SMILES string of the molecule is CCCCN1C(=O)CC[C@H](C(=O)NCc2ccon2)[C@@H]1c1ccccc1OC. The van der Waals surface area contributed by atoms with Crippen molar-refractivity contribution in [1.29, 1.82) is 0 Å². The summed E-state index contributed by atoms with van der Waals surface area (Å²) in [7, 11) is 1.61. The number of unbranched alkanes of at least 4 members (excludes halogenated alkanes) is 1. The number of carbonyl (C=O) groups excluding carboxylic acids is 2. The molecule has 0 radical (unpaired) electrons. The normalized spacial score (nSPS) is 19.5. The molecule has 1 aliphatic rings. The maximum atomic E-state index is 13.1. The Labute approximate surface area is 165 Å². The number of nitrogens with zero attached hydrogens (tertiary/aromatic N) is 2. The Morgan fingerprint density at radius 2 is 2.18 bits per heavy atom. The van der Waals surface area contributed by atoms with Crippen molar-refractivity contribution in [1.82, 2.24) is 15.4 Å². The first-order valence-corrected chi connectivity index (χ1v) is 9.75. The summed E-state index contributed by atoms with van der Waals surface area (Å²) in [5, 5.41) is 6.77. The van der Waals surface area contributed by atoms with Crippen molar-refractivity contribution in [3.63, 3.8) is 0 Å². The third-order valence-electron chi connectivity index (χ3n) is 5.19. The Morgan fingerprint density at radius 1 is 1.36 bits per heavy atom. The second-order valence-corrected chi connectivity index (χ2v) is 6.98. The number of carbonyl (C=O) groups is 2. The number of aromatic nitrogens is 1. The molecule has 2 atom stereocenters. The molecule has 1 aromatic carbocycles. The first-order valence-electron chi connectivity index (χ1n) is 9.75. The molecular formula is C21H27N3O4. The minimum Gasteiger partial charge on any atom is -0.496 e. The van der Waals surface area contributed by atoms with Gasteiger partial charge in [0, 0.05) is 24.6 Å². The molecule has 150 valence electrons. The van der Waals surface area contributed by atoms with Gasteiger partial charge in [0.05, 0.1) is 25.6 Å². The van der Waals surface area contributed by atoms with E-state index in [0.717, 1.165) is 18.4 Å². The molecule has 7 heteroatoms. The summed E-state index contributed by atoms with van der Waals surface area (Å²) in [6, 6.07) is 9.00. The van der Waals surface area contributed by atoms with Crippen molar-refractivity contribution >= 4 is 11.8 Å². The molecular weight excluding hydrogens is 358 g/mol. The minimum absolute atomic E-state index is 0.0879. The molecule has 0 spiro atoms. The highest BCUT2D eigenvalue weighted by Crippen LogP contribution is 2.40. The van der Waals surface area contributed by atoms with Crippen LogP contribution in [0.1, 0.15) is 49.9 Å². The van der Waals surface area contributed by atoms with Crippen LogP contribution in [0.5, 0.6) is 5.75 Å². The number of likely N-dealkylation sites (tertiary alicyclic amines) is 1. The van der Waals surface area contributed by atoms with Crippen LogP contribution in [0.3, 0.4) is 0 Å². The molecule has 1 fully saturated rings. The van der Waals surface area contributed by atoms with E-state index in [0.29, 0.717) is 37.4 Å². The van der Waals surface area contributed by atoms with E-state index in [2.05, 4.69) is 17.4 Å². The molecule has 0 aliphatic carbocycles. The van der Waals surface area contributed by atoms with Crippen molar-refractivity contribution in [2.75, 3.05) is 13.7 Å². The van der Waals surface area contributed by atoms with Crippen molar-refractivity contribution in [2.45, 2.75) is 45.2 Å². The molecule has 1 aliphatic heterocycles. The van der Waals surface area contributed by atoms with E-state index in [1.807, 2.05) is 29.2 Å². The second kappa shape index (κ2) is 9.39. The summed E-state index contributed by atoms with van der Waals surface area (Å²) in [6.45, 7) is 3.02. The predicted octanol–water partition coefficient (Wildman–Crippen LogP) is 3.08. The summed E-state index contributed by atoms with van der Waals surface area (Å²) in [5.41, 5.74) is 1.53. The third-order valence-corrected chi connectivity index (χ3v) is 5.19. The maximum absolute atomic E-state index is 13.1. The lowest BCUT2D eigenvalue weighted by Crippen LogP contribution is -2.48. The molecule has 3 rings (SSSR count). The lowest BCUT2D eigenvalue weighted by Gasteiger charge is -2.41. The molecule has 2 heterocycles. The largest absolute Gasteiger partial charge is 0.496 e. The number of para-hydroxylation sites is 1. The van der Waals surface area contributed by atoms with Crippen molar-refractivity contribution < 1.29 is 18.8 Å². The van der Waals surface area contributed by atoms with E-state index in [-0.39, 0.29) is 23.8 Å². The molecule has 1 N–H and O–H groups in total. The van der Waals surface area contributed by atoms with Crippen LogP contribution in [0.25, 0.3) is 0 Å². The highest BCUT2D eigenvalue weighted by atomic mass is 16.5. The number of rotatable bonds is 8. The van der Waals surface area contributed by atoms with Crippen LogP contribution in [-0.4, -0.2) is 35.5 Å². The molecule has 0 saturated carbocycles. The molecule has 0 unspecified atom stereocenters. The lowest BCUT2D eigenvalue weighted by molar-refractivity contribution is -0.143. The van der Waals surface area contributed by atoms with Crippen LogP contribution in [-0.2, 0) is 16.1 Å².